The topological polar surface area (TPSA) is 122 Å². The second-order valence-corrected chi connectivity index (χ2v) is 3.53. The average Bonchev–Trinajstić information content (AvgIpc) is 2.52. The fourth-order valence-electron chi connectivity index (χ4n) is 1.87. The van der Waals surface area contributed by atoms with Gasteiger partial charge in [0.2, 0.25) is 5.90 Å². The lowest BCUT2D eigenvalue weighted by Gasteiger charge is -2.21. The summed E-state index contributed by atoms with van der Waals surface area (Å²) < 4.78 is 4.94. The quantitative estimate of drug-likeness (QED) is 0.756. The Balaban J connectivity index is 3.59. The zero-order chi connectivity index (χ0) is 13.2. The van der Waals surface area contributed by atoms with Crippen molar-refractivity contribution in [2.24, 2.45) is 11.3 Å². The van der Waals surface area contributed by atoms with E-state index in [0.29, 0.717) is 0 Å². The Kier molecular flexibility index (Phi) is 2.98. The molecule has 0 saturated heterocycles. The van der Waals surface area contributed by atoms with Gasteiger partial charge in [0.25, 0.3) is 0 Å². The van der Waals surface area contributed by atoms with Crippen LogP contribution in [0.4, 0.5) is 0 Å². The minimum Gasteiger partial charge on any atom is -0.446 e. The Hall–Kier alpha value is -2.65. The Labute approximate surface area is 97.8 Å². The first-order valence-corrected chi connectivity index (χ1v) is 4.65. The van der Waals surface area contributed by atoms with Crippen LogP contribution in [0.5, 0.6) is 0 Å². The molecule has 0 amide bonds. The summed E-state index contributed by atoms with van der Waals surface area (Å²) in [5.74, 6) is -2.38. The maximum atomic E-state index is 11.5. The number of carbonyl (C=O) groups is 1. The van der Waals surface area contributed by atoms with Gasteiger partial charge < -0.3 is 4.74 Å². The van der Waals surface area contributed by atoms with Gasteiger partial charge in [0.1, 0.15) is 5.76 Å². The number of allylic oxidation sites excluding steroid dienone is 1. The van der Waals surface area contributed by atoms with Crippen molar-refractivity contribution in [3.05, 3.63) is 11.3 Å². The summed E-state index contributed by atoms with van der Waals surface area (Å²) in [4.78, 5) is 11.5. The van der Waals surface area contributed by atoms with E-state index in [-0.39, 0.29) is 11.3 Å². The summed E-state index contributed by atoms with van der Waals surface area (Å²) in [5, 5.41) is 34.6. The number of rotatable bonds is 2. The number of carbonyl (C=O) groups excluding carboxylic acids is 1. The highest BCUT2D eigenvalue weighted by molar-refractivity contribution is 6.07. The van der Waals surface area contributed by atoms with Crippen LogP contribution < -0.4 is 0 Å². The first-order chi connectivity index (χ1) is 7.95. The van der Waals surface area contributed by atoms with Crippen molar-refractivity contribution < 1.29 is 9.53 Å². The fourth-order valence-corrected chi connectivity index (χ4v) is 1.87. The Morgan fingerprint density at radius 1 is 1.41 bits per heavy atom. The third-order valence-corrected chi connectivity index (χ3v) is 2.58. The summed E-state index contributed by atoms with van der Waals surface area (Å²) >= 11 is 0. The number of hydrogen-bond donors (Lipinski definition) is 1. The summed E-state index contributed by atoms with van der Waals surface area (Å²) in [6.07, 6.45) is 0. The molecular weight excluding hydrogens is 220 g/mol. The van der Waals surface area contributed by atoms with Gasteiger partial charge in [-0.1, -0.05) is 0 Å². The predicted octanol–water partition coefficient (Wildman–Crippen LogP) is 1.03. The highest BCUT2D eigenvalue weighted by Crippen LogP contribution is 2.44. The number of nitriles is 3. The minimum absolute atomic E-state index is 0.0851. The van der Waals surface area contributed by atoms with Gasteiger partial charge in [-0.2, -0.15) is 15.8 Å². The third-order valence-electron chi connectivity index (χ3n) is 2.58. The van der Waals surface area contributed by atoms with Gasteiger partial charge in [-0.05, 0) is 13.8 Å². The molecular formula is C11H8N4O2. The molecule has 1 N–H and O–H groups in total. The van der Waals surface area contributed by atoms with Crippen LogP contribution in [-0.4, -0.2) is 11.7 Å². The van der Waals surface area contributed by atoms with Crippen LogP contribution in [0.2, 0.25) is 0 Å². The van der Waals surface area contributed by atoms with E-state index in [4.69, 9.17) is 20.7 Å². The molecule has 0 aromatic rings. The molecule has 0 saturated carbocycles. The molecule has 1 aliphatic rings. The molecule has 0 spiro atoms. The second-order valence-electron chi connectivity index (χ2n) is 3.53. The smallest absolute Gasteiger partial charge is 0.214 e. The predicted molar refractivity (Wildman–Crippen MR) is 55.0 cm³/mol. The minimum atomic E-state index is -1.90. The van der Waals surface area contributed by atoms with Crippen LogP contribution in [0, 0.1) is 50.7 Å². The van der Waals surface area contributed by atoms with E-state index in [2.05, 4.69) is 0 Å². The summed E-state index contributed by atoms with van der Waals surface area (Å²) in [7, 11) is 0. The molecule has 1 heterocycles. The van der Waals surface area contributed by atoms with E-state index in [1.54, 1.807) is 18.2 Å². The molecule has 6 nitrogen and oxygen atoms in total. The van der Waals surface area contributed by atoms with E-state index in [0.717, 1.165) is 0 Å². The van der Waals surface area contributed by atoms with Crippen molar-refractivity contribution in [2.75, 3.05) is 0 Å². The van der Waals surface area contributed by atoms with Crippen LogP contribution in [0.1, 0.15) is 13.8 Å². The van der Waals surface area contributed by atoms with E-state index in [9.17, 15) is 10.1 Å². The van der Waals surface area contributed by atoms with Gasteiger partial charge >= 0.3 is 0 Å². The molecule has 0 aromatic carbocycles. The van der Waals surface area contributed by atoms with Crippen LogP contribution in [0.3, 0.4) is 0 Å². The number of ketones is 1. The van der Waals surface area contributed by atoms with E-state index >= 15 is 0 Å². The van der Waals surface area contributed by atoms with Gasteiger partial charge in [-0.15, -0.1) is 0 Å². The largest absolute Gasteiger partial charge is 0.446 e. The van der Waals surface area contributed by atoms with Gasteiger partial charge in [0.05, 0.1) is 23.8 Å². The number of nitrogens with zero attached hydrogens (tertiary/aromatic N) is 3. The summed E-state index contributed by atoms with van der Waals surface area (Å²) in [5.41, 5.74) is -1.99. The monoisotopic (exact) mass is 228 g/mol. The molecule has 0 radical (unpaired) electrons. The molecule has 1 atom stereocenters. The number of ether oxygens (including phenoxy) is 1. The van der Waals surface area contributed by atoms with Crippen molar-refractivity contribution in [1.29, 1.82) is 21.2 Å². The zero-order valence-corrected chi connectivity index (χ0v) is 9.24. The Morgan fingerprint density at radius 3 is 2.29 bits per heavy atom. The number of hydrogen-bond acceptors (Lipinski definition) is 6. The van der Waals surface area contributed by atoms with Gasteiger partial charge in [-0.3, -0.25) is 10.2 Å². The van der Waals surface area contributed by atoms with Crippen molar-refractivity contribution in [3.63, 3.8) is 0 Å². The first-order valence-electron chi connectivity index (χ1n) is 4.65. The van der Waals surface area contributed by atoms with Crippen LogP contribution in [0.15, 0.2) is 11.3 Å². The molecule has 84 valence electrons. The number of Topliss-reactive ketones (excluding diaryl/α,β-unsaturated/α-hetero) is 1. The first kappa shape index (κ1) is 12.4. The van der Waals surface area contributed by atoms with E-state index < -0.39 is 23.0 Å². The lowest BCUT2D eigenvalue weighted by Crippen LogP contribution is -2.37. The lowest BCUT2D eigenvalue weighted by molar-refractivity contribution is -0.114. The van der Waals surface area contributed by atoms with Crippen LogP contribution in [-0.2, 0) is 9.53 Å². The molecule has 1 aliphatic heterocycles. The lowest BCUT2D eigenvalue weighted by atomic mass is 9.71. The van der Waals surface area contributed by atoms with E-state index in [1.165, 1.54) is 13.8 Å². The normalized spacial score (nSPS) is 22.7. The zero-order valence-electron chi connectivity index (χ0n) is 9.24. The standard InChI is InChI=1S/C11H8N4O2/c1-6(16)9-7(2)17-10(15)11(9,5-14)8(3-12)4-13/h8,15H,1-2H3. The van der Waals surface area contributed by atoms with Gasteiger partial charge in [-0.25, -0.2) is 0 Å². The van der Waals surface area contributed by atoms with Crippen molar-refractivity contribution in [3.8, 4) is 18.2 Å². The summed E-state index contributed by atoms with van der Waals surface area (Å²) in [6.45, 7) is 2.63. The Bertz CT molecular complexity index is 541. The molecule has 0 fully saturated rings. The van der Waals surface area contributed by atoms with Gasteiger partial charge in [0, 0.05) is 0 Å². The molecule has 1 unspecified atom stereocenters. The van der Waals surface area contributed by atoms with E-state index in [1.807, 2.05) is 0 Å². The van der Waals surface area contributed by atoms with Crippen LogP contribution >= 0.6 is 0 Å². The molecule has 6 heteroatoms. The fraction of sp³-hybridized carbons (Fsp3) is 0.364. The molecule has 0 bridgehead atoms. The third kappa shape index (κ3) is 1.46. The molecule has 17 heavy (non-hydrogen) atoms. The highest BCUT2D eigenvalue weighted by Gasteiger charge is 2.56. The van der Waals surface area contributed by atoms with Gasteiger partial charge in [0.15, 0.2) is 17.1 Å². The van der Waals surface area contributed by atoms with Crippen LogP contribution in [0.25, 0.3) is 0 Å². The average molecular weight is 228 g/mol. The molecule has 0 aliphatic carbocycles. The maximum absolute atomic E-state index is 11.5. The van der Waals surface area contributed by atoms with Crippen molar-refractivity contribution >= 4 is 11.7 Å². The number of nitrogens with one attached hydrogen (secondary N) is 1. The SMILES string of the molecule is CC(=O)C1=C(C)OC(=N)C1(C#N)C(C#N)C#N. The highest BCUT2D eigenvalue weighted by atomic mass is 16.5. The maximum Gasteiger partial charge on any atom is 0.214 e. The van der Waals surface area contributed by atoms with Crippen molar-refractivity contribution in [1.82, 2.24) is 0 Å². The Morgan fingerprint density at radius 2 is 1.94 bits per heavy atom. The molecule has 1 rings (SSSR count). The second kappa shape index (κ2) is 4.08. The summed E-state index contributed by atoms with van der Waals surface area (Å²) in [6, 6.07) is 4.98. The molecule has 0 aromatic heterocycles. The van der Waals surface area contributed by atoms with Crippen molar-refractivity contribution in [2.45, 2.75) is 13.8 Å².